The van der Waals surface area contributed by atoms with E-state index in [0.717, 1.165) is 11.8 Å². The van der Waals surface area contributed by atoms with Crippen molar-refractivity contribution in [3.63, 3.8) is 0 Å². The van der Waals surface area contributed by atoms with E-state index in [4.69, 9.17) is 11.6 Å². The fraction of sp³-hybridized carbons (Fsp3) is 0.360. The minimum Gasteiger partial charge on any atom is -0.394 e. The second kappa shape index (κ2) is 9.91. The summed E-state index contributed by atoms with van der Waals surface area (Å²) in [4.78, 5) is 18.3. The van der Waals surface area contributed by atoms with Crippen LogP contribution in [0.2, 0.25) is 5.02 Å². The van der Waals surface area contributed by atoms with E-state index in [1.165, 1.54) is 10.8 Å². The average molecular weight is 548 g/mol. The molecule has 0 radical (unpaired) electrons. The SMILES string of the molecule is CCn1cc(C(F)(F)F)nc1-c1ccc(CN2C(=O)CCn3nc(-c4c(Cl)cnn4C(C)CO)cc32)cc1. The van der Waals surface area contributed by atoms with Crippen molar-refractivity contribution in [2.75, 3.05) is 11.5 Å². The van der Waals surface area contributed by atoms with Crippen LogP contribution in [0.25, 0.3) is 22.8 Å². The quantitative estimate of drug-likeness (QED) is 0.359. The number of aromatic nitrogens is 6. The van der Waals surface area contributed by atoms with Gasteiger partial charge in [-0.25, -0.2) is 9.67 Å². The minimum absolute atomic E-state index is 0.0762. The smallest absolute Gasteiger partial charge is 0.394 e. The molecule has 4 aromatic rings. The molecule has 1 atom stereocenters. The number of rotatable bonds is 7. The lowest BCUT2D eigenvalue weighted by atomic mass is 10.1. The first-order valence-electron chi connectivity index (χ1n) is 12.1. The summed E-state index contributed by atoms with van der Waals surface area (Å²) in [6.07, 6.45) is -1.76. The van der Waals surface area contributed by atoms with Crippen LogP contribution in [0.15, 0.2) is 42.7 Å². The number of hydrogen-bond acceptors (Lipinski definition) is 5. The van der Waals surface area contributed by atoms with E-state index in [0.29, 0.717) is 40.9 Å². The van der Waals surface area contributed by atoms with Gasteiger partial charge in [0.15, 0.2) is 5.69 Å². The summed E-state index contributed by atoms with van der Waals surface area (Å²) in [5, 5.41) is 18.9. The third-order valence-electron chi connectivity index (χ3n) is 6.51. The van der Waals surface area contributed by atoms with Crippen LogP contribution < -0.4 is 4.90 Å². The highest BCUT2D eigenvalue weighted by atomic mass is 35.5. The van der Waals surface area contributed by atoms with E-state index in [-0.39, 0.29) is 37.3 Å². The van der Waals surface area contributed by atoms with Crippen molar-refractivity contribution in [1.29, 1.82) is 0 Å². The number of fused-ring (bicyclic) bond motifs is 1. The lowest BCUT2D eigenvalue weighted by Crippen LogP contribution is -2.36. The summed E-state index contributed by atoms with van der Waals surface area (Å²) >= 11 is 6.39. The Bertz CT molecular complexity index is 1470. The van der Waals surface area contributed by atoms with Gasteiger partial charge in [0.25, 0.3) is 0 Å². The number of halogens is 4. The fourth-order valence-electron chi connectivity index (χ4n) is 4.50. The van der Waals surface area contributed by atoms with Gasteiger partial charge in [-0.15, -0.1) is 0 Å². The van der Waals surface area contributed by atoms with Gasteiger partial charge in [-0.05, 0) is 19.4 Å². The Morgan fingerprint density at radius 2 is 1.95 bits per heavy atom. The van der Waals surface area contributed by atoms with Crippen molar-refractivity contribution < 1.29 is 23.1 Å². The Morgan fingerprint density at radius 1 is 1.21 bits per heavy atom. The zero-order valence-electron chi connectivity index (χ0n) is 20.7. The highest BCUT2D eigenvalue weighted by Crippen LogP contribution is 2.35. The molecule has 1 aliphatic heterocycles. The van der Waals surface area contributed by atoms with Gasteiger partial charge in [-0.2, -0.15) is 23.4 Å². The summed E-state index contributed by atoms with van der Waals surface area (Å²) in [5.41, 5.74) is 1.49. The molecule has 0 fully saturated rings. The van der Waals surface area contributed by atoms with Gasteiger partial charge in [0.1, 0.15) is 23.0 Å². The molecule has 0 spiro atoms. The molecular formula is C25H25ClF3N7O2. The molecule has 3 aromatic heterocycles. The Morgan fingerprint density at radius 3 is 2.61 bits per heavy atom. The lowest BCUT2D eigenvalue weighted by Gasteiger charge is -2.27. The van der Waals surface area contributed by atoms with Crippen LogP contribution in [-0.2, 0) is 30.6 Å². The van der Waals surface area contributed by atoms with Crippen LogP contribution in [0.4, 0.5) is 19.0 Å². The molecule has 1 amide bonds. The zero-order chi connectivity index (χ0) is 27.2. The van der Waals surface area contributed by atoms with Crippen LogP contribution in [0, 0.1) is 0 Å². The lowest BCUT2D eigenvalue weighted by molar-refractivity contribution is -0.140. The number of hydrogen-bond donors (Lipinski definition) is 1. The van der Waals surface area contributed by atoms with E-state index >= 15 is 0 Å². The third-order valence-corrected chi connectivity index (χ3v) is 6.79. The number of alkyl halides is 3. The third kappa shape index (κ3) is 4.69. The van der Waals surface area contributed by atoms with Gasteiger partial charge in [-0.3, -0.25) is 14.4 Å². The molecule has 0 saturated carbocycles. The maximum atomic E-state index is 13.2. The Labute approximate surface area is 221 Å². The highest BCUT2D eigenvalue weighted by molar-refractivity contribution is 6.33. The van der Waals surface area contributed by atoms with Gasteiger partial charge in [0.2, 0.25) is 5.91 Å². The molecule has 1 unspecified atom stereocenters. The van der Waals surface area contributed by atoms with Crippen LogP contribution in [0.1, 0.15) is 37.6 Å². The number of benzene rings is 1. The Hall–Kier alpha value is -3.64. The zero-order valence-corrected chi connectivity index (χ0v) is 21.4. The van der Waals surface area contributed by atoms with Crippen molar-refractivity contribution in [2.24, 2.45) is 0 Å². The van der Waals surface area contributed by atoms with Crippen molar-refractivity contribution in [2.45, 2.75) is 52.1 Å². The van der Waals surface area contributed by atoms with Crippen LogP contribution >= 0.6 is 11.6 Å². The van der Waals surface area contributed by atoms with E-state index in [9.17, 15) is 23.1 Å². The molecule has 0 saturated heterocycles. The molecule has 4 heterocycles. The molecule has 9 nitrogen and oxygen atoms in total. The molecule has 0 bridgehead atoms. The van der Waals surface area contributed by atoms with Crippen LogP contribution in [-0.4, -0.2) is 46.7 Å². The van der Waals surface area contributed by atoms with E-state index in [2.05, 4.69) is 15.2 Å². The van der Waals surface area contributed by atoms with Gasteiger partial charge >= 0.3 is 6.18 Å². The number of aryl methyl sites for hydroxylation is 2. The normalized spacial score (nSPS) is 14.7. The maximum absolute atomic E-state index is 13.2. The fourth-order valence-corrected chi connectivity index (χ4v) is 4.72. The standard InChI is InChI=1S/C25H25ClF3N7O2/c1-3-33-13-20(25(27,28)29)31-24(33)17-6-4-16(5-7-17)12-34-21-10-19(32-35(21)9-8-22(34)38)23-18(26)11-30-36(23)15(2)14-37/h4-7,10-11,13,15,37H,3,8-9,12,14H2,1-2H3. The second-order valence-corrected chi connectivity index (χ2v) is 9.50. The average Bonchev–Trinajstić information content (AvgIpc) is 3.61. The number of anilines is 1. The first-order chi connectivity index (χ1) is 18.1. The second-order valence-electron chi connectivity index (χ2n) is 9.09. The van der Waals surface area contributed by atoms with Gasteiger partial charge in [0, 0.05) is 30.8 Å². The van der Waals surface area contributed by atoms with Gasteiger partial charge < -0.3 is 9.67 Å². The predicted octanol–water partition coefficient (Wildman–Crippen LogP) is 4.79. The number of imidazole rings is 1. The van der Waals surface area contributed by atoms with E-state index in [1.54, 1.807) is 58.4 Å². The first-order valence-corrected chi connectivity index (χ1v) is 12.4. The largest absolute Gasteiger partial charge is 0.434 e. The highest BCUT2D eigenvalue weighted by Gasteiger charge is 2.35. The number of amides is 1. The monoisotopic (exact) mass is 547 g/mol. The molecule has 200 valence electrons. The Kier molecular flexibility index (Phi) is 6.78. The van der Waals surface area contributed by atoms with E-state index in [1.807, 2.05) is 0 Å². The Balaban J connectivity index is 1.43. The summed E-state index contributed by atoms with van der Waals surface area (Å²) < 4.78 is 44.3. The molecule has 1 aliphatic rings. The molecule has 38 heavy (non-hydrogen) atoms. The number of carbonyl (C=O) groups excluding carboxylic acids is 1. The first kappa shape index (κ1) is 26.0. The molecular weight excluding hydrogens is 523 g/mol. The number of nitrogens with zero attached hydrogens (tertiary/aromatic N) is 7. The number of aliphatic hydroxyl groups is 1. The van der Waals surface area contributed by atoms with Crippen molar-refractivity contribution in [3.05, 3.63) is 59.0 Å². The summed E-state index contributed by atoms with van der Waals surface area (Å²) in [7, 11) is 0. The molecule has 1 aromatic carbocycles. The molecule has 1 N–H and O–H groups in total. The van der Waals surface area contributed by atoms with Gasteiger partial charge in [0.05, 0.1) is 37.0 Å². The summed E-state index contributed by atoms with van der Waals surface area (Å²) in [6, 6.07) is 8.41. The minimum atomic E-state index is -4.52. The van der Waals surface area contributed by atoms with Crippen molar-refractivity contribution in [3.8, 4) is 22.8 Å². The van der Waals surface area contributed by atoms with Gasteiger partial charge in [-0.1, -0.05) is 35.9 Å². The molecule has 13 heteroatoms. The summed E-state index contributed by atoms with van der Waals surface area (Å²) in [6.45, 7) is 4.43. The van der Waals surface area contributed by atoms with E-state index < -0.39 is 11.9 Å². The number of carbonyl (C=O) groups is 1. The maximum Gasteiger partial charge on any atom is 0.434 e. The van der Waals surface area contributed by atoms with Crippen LogP contribution in [0.3, 0.4) is 0 Å². The number of aliphatic hydroxyl groups excluding tert-OH is 1. The topological polar surface area (TPSA) is 94.0 Å². The molecule has 5 rings (SSSR count). The molecule has 0 aliphatic carbocycles. The summed E-state index contributed by atoms with van der Waals surface area (Å²) in [5.74, 6) is 0.749. The van der Waals surface area contributed by atoms with Crippen LogP contribution in [0.5, 0.6) is 0 Å². The van der Waals surface area contributed by atoms with Crippen molar-refractivity contribution >= 4 is 23.3 Å². The van der Waals surface area contributed by atoms with Crippen molar-refractivity contribution in [1.82, 2.24) is 29.1 Å². The predicted molar refractivity (Wildman–Crippen MR) is 134 cm³/mol.